The minimum absolute atomic E-state index is 0.0333. The Balaban J connectivity index is 0.964. The lowest BCUT2D eigenvalue weighted by Crippen LogP contribution is -2.54. The Labute approximate surface area is 265 Å². The van der Waals surface area contributed by atoms with E-state index in [1.54, 1.807) is 18.2 Å². The van der Waals surface area contributed by atoms with Gasteiger partial charge in [0.05, 0.1) is 28.1 Å². The lowest BCUT2D eigenvalue weighted by molar-refractivity contribution is -0.274. The summed E-state index contributed by atoms with van der Waals surface area (Å²) in [4.78, 5) is 14.0. The topological polar surface area (TPSA) is 97.9 Å². The van der Waals surface area contributed by atoms with Crippen LogP contribution in [0.25, 0.3) is 21.3 Å². The molecule has 2 saturated heterocycles. The molecule has 8 nitrogen and oxygen atoms in total. The van der Waals surface area contributed by atoms with Gasteiger partial charge in [-0.05, 0) is 92.6 Å². The van der Waals surface area contributed by atoms with Gasteiger partial charge in [-0.3, -0.25) is 0 Å². The molecule has 1 spiro atoms. The molecule has 0 amide bonds. The molecule has 4 fully saturated rings. The van der Waals surface area contributed by atoms with Crippen molar-refractivity contribution < 1.29 is 37.1 Å². The normalized spacial score (nSPS) is 26.0. The molecule has 2 aliphatic carbocycles. The molecule has 1 N–H and O–H groups in total. The van der Waals surface area contributed by atoms with E-state index in [2.05, 4.69) is 19.2 Å². The Kier molecular flexibility index (Phi) is 6.85. The zero-order valence-electron chi connectivity index (χ0n) is 24.0. The van der Waals surface area contributed by atoms with E-state index in [4.69, 9.17) is 20.9 Å². The molecule has 4 heterocycles. The largest absolute Gasteiger partial charge is 0.573 e. The molecule has 2 aromatic heterocycles. The minimum atomic E-state index is -4.83. The monoisotopic (exact) mass is 659 g/mol. The third-order valence-electron chi connectivity index (χ3n) is 9.90. The van der Waals surface area contributed by atoms with E-state index in [9.17, 15) is 23.1 Å². The highest BCUT2D eigenvalue weighted by molar-refractivity contribution is 7.13. The molecule has 4 aromatic rings. The van der Waals surface area contributed by atoms with Gasteiger partial charge < -0.3 is 24.0 Å². The SMILES string of the molecule is O=C(O)c1nsc2cc(N3C4CCC3CC3(CC(OCc5c(-c6ccccc6OC(F)(F)F)noc5C5CC5)C3)C4)c(Cl)cc12. The molecule has 2 aromatic carbocycles. The fraction of sp³-hybridized carbons (Fsp3) is 0.469. The van der Waals surface area contributed by atoms with Gasteiger partial charge >= 0.3 is 12.3 Å². The van der Waals surface area contributed by atoms with E-state index in [1.165, 1.54) is 23.7 Å². The van der Waals surface area contributed by atoms with Crippen molar-refractivity contribution in [1.82, 2.24) is 9.53 Å². The lowest BCUT2D eigenvalue weighted by Gasteiger charge is -2.55. The van der Waals surface area contributed by atoms with Gasteiger partial charge in [-0.25, -0.2) is 4.79 Å². The average molecular weight is 660 g/mol. The fourth-order valence-electron chi connectivity index (χ4n) is 7.91. The first-order chi connectivity index (χ1) is 21.6. The second kappa shape index (κ2) is 10.6. The lowest BCUT2D eigenvalue weighted by atomic mass is 9.59. The smallest absolute Gasteiger partial charge is 0.476 e. The molecule has 4 aliphatic rings. The summed E-state index contributed by atoms with van der Waals surface area (Å²) in [6.45, 7) is 0.216. The summed E-state index contributed by atoms with van der Waals surface area (Å²) in [5.41, 5.74) is 2.42. The molecule has 13 heteroatoms. The molecule has 2 bridgehead atoms. The van der Waals surface area contributed by atoms with Gasteiger partial charge in [-0.2, -0.15) is 4.37 Å². The number of ether oxygens (including phenoxy) is 2. The van der Waals surface area contributed by atoms with Crippen LogP contribution < -0.4 is 9.64 Å². The number of rotatable bonds is 8. The highest BCUT2D eigenvalue weighted by Crippen LogP contribution is 2.58. The van der Waals surface area contributed by atoms with Crippen LogP contribution in [0, 0.1) is 5.41 Å². The third-order valence-corrected chi connectivity index (χ3v) is 11.0. The Bertz CT molecular complexity index is 1780. The maximum absolute atomic E-state index is 13.1. The number of benzene rings is 2. The molecule has 236 valence electrons. The first kappa shape index (κ1) is 29.1. The molecular weight excluding hydrogens is 631 g/mol. The van der Waals surface area contributed by atoms with E-state index in [1.807, 2.05) is 6.07 Å². The number of hydrogen-bond acceptors (Lipinski definition) is 8. The van der Waals surface area contributed by atoms with Crippen molar-refractivity contribution in [3.63, 3.8) is 0 Å². The minimum Gasteiger partial charge on any atom is -0.476 e. The number of aromatic carboxylic acids is 1. The van der Waals surface area contributed by atoms with E-state index in [0.29, 0.717) is 39.5 Å². The highest BCUT2D eigenvalue weighted by Gasteiger charge is 2.54. The number of carboxylic acids is 1. The number of hydrogen-bond donors (Lipinski definition) is 1. The predicted molar refractivity (Wildman–Crippen MR) is 161 cm³/mol. The fourth-order valence-corrected chi connectivity index (χ4v) is 8.96. The number of alkyl halides is 3. The van der Waals surface area contributed by atoms with Crippen molar-refractivity contribution in [2.24, 2.45) is 5.41 Å². The maximum atomic E-state index is 13.1. The molecule has 2 atom stereocenters. The van der Waals surface area contributed by atoms with Crippen molar-refractivity contribution >= 4 is 44.9 Å². The van der Waals surface area contributed by atoms with Gasteiger partial charge in [0.25, 0.3) is 0 Å². The maximum Gasteiger partial charge on any atom is 0.573 e. The van der Waals surface area contributed by atoms with Crippen molar-refractivity contribution in [3.05, 3.63) is 58.4 Å². The van der Waals surface area contributed by atoms with Crippen LogP contribution in [0.3, 0.4) is 0 Å². The zero-order valence-corrected chi connectivity index (χ0v) is 25.6. The van der Waals surface area contributed by atoms with Crippen LogP contribution in [-0.2, 0) is 11.3 Å². The van der Waals surface area contributed by atoms with Gasteiger partial charge in [-0.15, -0.1) is 13.2 Å². The van der Waals surface area contributed by atoms with Crippen LogP contribution in [0.15, 0.2) is 40.9 Å². The molecule has 45 heavy (non-hydrogen) atoms. The molecule has 2 unspecified atom stereocenters. The average Bonchev–Trinajstić information content (AvgIpc) is 3.50. The van der Waals surface area contributed by atoms with Gasteiger partial charge in [0.1, 0.15) is 17.2 Å². The summed E-state index contributed by atoms with van der Waals surface area (Å²) >= 11 is 7.92. The van der Waals surface area contributed by atoms with Crippen molar-refractivity contribution in [2.75, 3.05) is 4.90 Å². The number of aromatic nitrogens is 2. The van der Waals surface area contributed by atoms with Crippen LogP contribution in [-0.4, -0.2) is 45.2 Å². The second-order valence-corrected chi connectivity index (χ2v) is 14.1. The third kappa shape index (κ3) is 5.24. The summed E-state index contributed by atoms with van der Waals surface area (Å²) in [5.74, 6) is -0.475. The summed E-state index contributed by atoms with van der Waals surface area (Å²) < 4.78 is 60.7. The molecular formula is C32H29ClF3N3O5S. The van der Waals surface area contributed by atoms with Crippen LogP contribution in [0.1, 0.15) is 79.1 Å². The van der Waals surface area contributed by atoms with Gasteiger partial charge in [0.2, 0.25) is 0 Å². The first-order valence-electron chi connectivity index (χ1n) is 15.1. The number of anilines is 1. The highest BCUT2D eigenvalue weighted by atomic mass is 35.5. The number of halogens is 4. The van der Waals surface area contributed by atoms with E-state index in [0.717, 1.165) is 61.8 Å². The Morgan fingerprint density at radius 2 is 1.84 bits per heavy atom. The predicted octanol–water partition coefficient (Wildman–Crippen LogP) is 8.58. The molecule has 0 radical (unpaired) electrons. The number of fused-ring (bicyclic) bond motifs is 3. The van der Waals surface area contributed by atoms with E-state index >= 15 is 0 Å². The Morgan fingerprint density at radius 1 is 1.11 bits per heavy atom. The number of carbonyl (C=O) groups is 1. The summed E-state index contributed by atoms with van der Waals surface area (Å²) in [6.07, 6.45) is 3.16. The second-order valence-electron chi connectivity index (χ2n) is 12.9. The van der Waals surface area contributed by atoms with Crippen molar-refractivity contribution in [3.8, 4) is 17.0 Å². The van der Waals surface area contributed by atoms with Gasteiger partial charge in [-0.1, -0.05) is 28.9 Å². The summed E-state index contributed by atoms with van der Waals surface area (Å²) in [5, 5.41) is 14.8. The van der Waals surface area contributed by atoms with E-state index < -0.39 is 12.3 Å². The standard InChI is InChI=1S/C32H29ClF3N3O5S/c33-23-9-21-26(45-38-28(21)30(40)41)10-24(23)39-17-7-8-18(39)12-31(11-17)13-19(14-31)42-15-22-27(37-44-29(22)16-5-6-16)20-3-1-2-4-25(20)43-32(34,35)36/h1-4,9-10,16-19H,5-8,11-15H2,(H,40,41). The quantitative estimate of drug-likeness (QED) is 0.201. The Morgan fingerprint density at radius 3 is 2.53 bits per heavy atom. The molecule has 2 aliphatic heterocycles. The first-order valence-corrected chi connectivity index (χ1v) is 16.3. The number of piperidine rings is 1. The zero-order chi connectivity index (χ0) is 31.1. The van der Waals surface area contributed by atoms with Crippen LogP contribution in [0.2, 0.25) is 5.02 Å². The molecule has 2 saturated carbocycles. The molecule has 8 rings (SSSR count). The number of para-hydroxylation sites is 1. The summed E-state index contributed by atoms with van der Waals surface area (Å²) in [7, 11) is 0. The van der Waals surface area contributed by atoms with Gasteiger partial charge in [0.15, 0.2) is 5.69 Å². The van der Waals surface area contributed by atoms with Crippen LogP contribution >= 0.6 is 23.1 Å². The van der Waals surface area contributed by atoms with Crippen LogP contribution in [0.5, 0.6) is 5.75 Å². The Hall–Kier alpha value is -3.35. The van der Waals surface area contributed by atoms with Crippen LogP contribution in [0.4, 0.5) is 18.9 Å². The van der Waals surface area contributed by atoms with Crippen molar-refractivity contribution in [2.45, 2.75) is 88.4 Å². The number of carboxylic acid groups (broad SMARTS) is 1. The number of nitrogens with zero attached hydrogens (tertiary/aromatic N) is 3. The van der Waals surface area contributed by atoms with E-state index in [-0.39, 0.29) is 41.1 Å². The van der Waals surface area contributed by atoms with Crippen molar-refractivity contribution in [1.29, 1.82) is 0 Å². The summed E-state index contributed by atoms with van der Waals surface area (Å²) in [6, 6.07) is 10.4. The van der Waals surface area contributed by atoms with Gasteiger partial charge in [0, 0.05) is 34.5 Å².